The summed E-state index contributed by atoms with van der Waals surface area (Å²) in [7, 11) is 0. The van der Waals surface area contributed by atoms with Crippen LogP contribution in [0.2, 0.25) is 0 Å². The predicted molar refractivity (Wildman–Crippen MR) is 68.8 cm³/mol. The number of aliphatic carboxylic acids is 1. The molecule has 5 nitrogen and oxygen atoms in total. The van der Waals surface area contributed by atoms with Crippen molar-refractivity contribution in [3.05, 3.63) is 47.3 Å². The molecule has 0 bridgehead atoms. The van der Waals surface area contributed by atoms with Crippen molar-refractivity contribution < 1.29 is 14.3 Å². The number of aryl methyl sites for hydroxylation is 1. The molecule has 0 saturated heterocycles. The first kappa shape index (κ1) is 12.8. The smallest absolute Gasteiger partial charge is 0.326 e. The van der Waals surface area contributed by atoms with Gasteiger partial charge in [0.1, 0.15) is 23.5 Å². The van der Waals surface area contributed by atoms with E-state index in [4.69, 9.17) is 0 Å². The Bertz CT molecular complexity index is 654. The van der Waals surface area contributed by atoms with E-state index in [0.29, 0.717) is 24.5 Å². The number of halogens is 1. The maximum Gasteiger partial charge on any atom is 0.326 e. The molecule has 1 unspecified atom stereocenters. The second-order valence-electron chi connectivity index (χ2n) is 4.96. The first-order valence-corrected chi connectivity index (χ1v) is 6.55. The summed E-state index contributed by atoms with van der Waals surface area (Å²) >= 11 is 0. The van der Waals surface area contributed by atoms with Crippen LogP contribution in [0.5, 0.6) is 0 Å². The quantitative estimate of drug-likeness (QED) is 0.930. The van der Waals surface area contributed by atoms with Crippen molar-refractivity contribution >= 4 is 5.97 Å². The van der Waals surface area contributed by atoms with Gasteiger partial charge in [0.15, 0.2) is 0 Å². The Hall–Kier alpha value is -2.24. The van der Waals surface area contributed by atoms with Gasteiger partial charge in [-0.2, -0.15) is 0 Å². The van der Waals surface area contributed by atoms with E-state index in [1.54, 1.807) is 16.7 Å². The van der Waals surface area contributed by atoms with Crippen LogP contribution in [-0.2, 0) is 17.6 Å². The zero-order chi connectivity index (χ0) is 14.1. The van der Waals surface area contributed by atoms with Gasteiger partial charge in [0.25, 0.3) is 0 Å². The molecule has 2 aromatic rings. The predicted octanol–water partition coefficient (Wildman–Crippen LogP) is 1.97. The highest BCUT2D eigenvalue weighted by molar-refractivity contribution is 5.72. The number of fused-ring (bicyclic) bond motifs is 1. The van der Waals surface area contributed by atoms with Crippen molar-refractivity contribution in [2.45, 2.75) is 31.7 Å². The van der Waals surface area contributed by atoms with E-state index < -0.39 is 12.0 Å². The van der Waals surface area contributed by atoms with E-state index in [0.717, 1.165) is 18.4 Å². The van der Waals surface area contributed by atoms with Gasteiger partial charge >= 0.3 is 5.97 Å². The van der Waals surface area contributed by atoms with Crippen molar-refractivity contribution in [3.8, 4) is 0 Å². The van der Waals surface area contributed by atoms with Gasteiger partial charge < -0.3 is 9.67 Å². The van der Waals surface area contributed by atoms with Gasteiger partial charge in [0, 0.05) is 12.8 Å². The standard InChI is InChI=1S/C14H14FN3O2/c15-10-4-1-3-9(7-10)8-13-17-16-12-6-2-5-11(14(19)20)18(12)13/h1,3-4,7,11H,2,5-6,8H2,(H,19,20). The molecule has 1 aliphatic rings. The normalized spacial score (nSPS) is 17.8. The molecule has 0 radical (unpaired) electrons. The first-order chi connectivity index (χ1) is 9.65. The summed E-state index contributed by atoms with van der Waals surface area (Å²) < 4.78 is 14.9. The summed E-state index contributed by atoms with van der Waals surface area (Å²) in [5.41, 5.74) is 0.759. The van der Waals surface area contributed by atoms with E-state index in [1.165, 1.54) is 12.1 Å². The summed E-state index contributed by atoms with van der Waals surface area (Å²) in [6.07, 6.45) is 2.50. The second-order valence-corrected chi connectivity index (χ2v) is 4.96. The summed E-state index contributed by atoms with van der Waals surface area (Å²) in [4.78, 5) is 11.3. The lowest BCUT2D eigenvalue weighted by Crippen LogP contribution is -2.26. The number of benzene rings is 1. The van der Waals surface area contributed by atoms with Crippen LogP contribution in [0, 0.1) is 5.82 Å². The summed E-state index contributed by atoms with van der Waals surface area (Å²) in [6, 6.07) is 5.62. The van der Waals surface area contributed by atoms with E-state index in [9.17, 15) is 14.3 Å². The van der Waals surface area contributed by atoms with Crippen molar-refractivity contribution in [1.82, 2.24) is 14.8 Å². The number of carboxylic acid groups (broad SMARTS) is 1. The molecule has 0 fully saturated rings. The molecule has 2 heterocycles. The Morgan fingerprint density at radius 2 is 2.30 bits per heavy atom. The summed E-state index contributed by atoms with van der Waals surface area (Å²) in [5, 5.41) is 17.4. The second kappa shape index (κ2) is 5.03. The fraction of sp³-hybridized carbons (Fsp3) is 0.357. The number of carboxylic acids is 1. The molecule has 1 aromatic carbocycles. The topological polar surface area (TPSA) is 68.0 Å². The number of hydrogen-bond acceptors (Lipinski definition) is 3. The van der Waals surface area contributed by atoms with Crippen LogP contribution in [0.1, 0.15) is 36.1 Å². The highest BCUT2D eigenvalue weighted by atomic mass is 19.1. The lowest BCUT2D eigenvalue weighted by Gasteiger charge is -2.22. The number of hydrogen-bond donors (Lipinski definition) is 1. The maximum atomic E-state index is 13.2. The van der Waals surface area contributed by atoms with Gasteiger partial charge in [-0.1, -0.05) is 12.1 Å². The van der Waals surface area contributed by atoms with Crippen LogP contribution in [0.15, 0.2) is 24.3 Å². The molecule has 3 rings (SSSR count). The molecule has 104 valence electrons. The number of aromatic nitrogens is 3. The van der Waals surface area contributed by atoms with Crippen molar-refractivity contribution in [2.24, 2.45) is 0 Å². The molecule has 0 amide bonds. The Balaban J connectivity index is 1.95. The molecule has 0 saturated carbocycles. The monoisotopic (exact) mass is 275 g/mol. The largest absolute Gasteiger partial charge is 0.480 e. The highest BCUT2D eigenvalue weighted by Gasteiger charge is 2.29. The molecule has 0 spiro atoms. The molecule has 20 heavy (non-hydrogen) atoms. The van der Waals surface area contributed by atoms with Gasteiger partial charge in [0.2, 0.25) is 0 Å². The Morgan fingerprint density at radius 3 is 3.05 bits per heavy atom. The molecular weight excluding hydrogens is 261 g/mol. The average Bonchev–Trinajstić information content (AvgIpc) is 2.82. The van der Waals surface area contributed by atoms with Crippen molar-refractivity contribution in [2.75, 3.05) is 0 Å². The number of carbonyl (C=O) groups is 1. The van der Waals surface area contributed by atoms with Crippen LogP contribution >= 0.6 is 0 Å². The van der Waals surface area contributed by atoms with Gasteiger partial charge in [-0.15, -0.1) is 10.2 Å². The van der Waals surface area contributed by atoms with Crippen LogP contribution in [-0.4, -0.2) is 25.8 Å². The van der Waals surface area contributed by atoms with E-state index in [1.807, 2.05) is 0 Å². The minimum atomic E-state index is -0.869. The first-order valence-electron chi connectivity index (χ1n) is 6.55. The molecule has 1 aliphatic heterocycles. The number of rotatable bonds is 3. The zero-order valence-corrected chi connectivity index (χ0v) is 10.8. The SMILES string of the molecule is O=C(O)C1CCCc2nnc(Cc3cccc(F)c3)n21. The summed E-state index contributed by atoms with van der Waals surface area (Å²) in [6.45, 7) is 0. The fourth-order valence-electron chi connectivity index (χ4n) is 2.66. The average molecular weight is 275 g/mol. The Kier molecular flexibility index (Phi) is 3.22. The molecule has 0 aliphatic carbocycles. The Labute approximate surface area is 115 Å². The maximum absolute atomic E-state index is 13.2. The van der Waals surface area contributed by atoms with E-state index in [-0.39, 0.29) is 5.82 Å². The van der Waals surface area contributed by atoms with Crippen LogP contribution in [0.4, 0.5) is 4.39 Å². The van der Waals surface area contributed by atoms with Gasteiger partial charge in [-0.3, -0.25) is 0 Å². The summed E-state index contributed by atoms with van der Waals surface area (Å²) in [5.74, 6) is 0.106. The van der Waals surface area contributed by atoms with E-state index in [2.05, 4.69) is 10.2 Å². The van der Waals surface area contributed by atoms with E-state index >= 15 is 0 Å². The highest BCUT2D eigenvalue weighted by Crippen LogP contribution is 2.26. The van der Waals surface area contributed by atoms with Crippen LogP contribution in [0.3, 0.4) is 0 Å². The third kappa shape index (κ3) is 2.29. The van der Waals surface area contributed by atoms with Gasteiger partial charge in [-0.05, 0) is 30.5 Å². The molecule has 1 atom stereocenters. The lowest BCUT2D eigenvalue weighted by atomic mass is 10.0. The zero-order valence-electron chi connectivity index (χ0n) is 10.8. The number of nitrogens with zero attached hydrogens (tertiary/aromatic N) is 3. The molecular formula is C14H14FN3O2. The lowest BCUT2D eigenvalue weighted by molar-refractivity contribution is -0.141. The fourth-order valence-corrected chi connectivity index (χ4v) is 2.66. The van der Waals surface area contributed by atoms with Crippen molar-refractivity contribution in [1.29, 1.82) is 0 Å². The minimum absolute atomic E-state index is 0.310. The molecule has 1 aromatic heterocycles. The molecule has 6 heteroatoms. The van der Waals surface area contributed by atoms with Crippen LogP contribution in [0.25, 0.3) is 0 Å². The third-order valence-corrected chi connectivity index (χ3v) is 3.56. The van der Waals surface area contributed by atoms with Gasteiger partial charge in [0.05, 0.1) is 0 Å². The third-order valence-electron chi connectivity index (χ3n) is 3.56. The molecule has 1 N–H and O–H groups in total. The van der Waals surface area contributed by atoms with Crippen LogP contribution < -0.4 is 0 Å². The van der Waals surface area contributed by atoms with Gasteiger partial charge in [-0.25, -0.2) is 9.18 Å². The van der Waals surface area contributed by atoms with Crippen molar-refractivity contribution in [3.63, 3.8) is 0 Å². The Morgan fingerprint density at radius 1 is 1.45 bits per heavy atom. The minimum Gasteiger partial charge on any atom is -0.480 e.